The van der Waals surface area contributed by atoms with Gasteiger partial charge in [0.15, 0.2) is 0 Å². The maximum Gasteiger partial charge on any atom is 0.307 e. The van der Waals surface area contributed by atoms with Crippen molar-refractivity contribution < 1.29 is 14.0 Å². The molecule has 0 N–H and O–H groups in total. The monoisotopic (exact) mass is 213 g/mol. The van der Waals surface area contributed by atoms with E-state index in [9.17, 15) is 4.79 Å². The molecule has 0 saturated heterocycles. The topological polar surface area (TPSA) is 50.1 Å². The molecule has 0 saturated carbocycles. The summed E-state index contributed by atoms with van der Waals surface area (Å²) in [5.41, 5.74) is 0. The van der Waals surface area contributed by atoms with Crippen molar-refractivity contribution >= 4 is 5.97 Å². The third-order valence-corrected chi connectivity index (χ3v) is 3.07. The molecule has 0 amide bonds. The molecule has 1 unspecified atom stereocenters. The van der Waals surface area contributed by atoms with Crippen molar-refractivity contribution in [2.45, 2.75) is 40.3 Å². The standard InChI is InChI=1S/C11H21N2O2/c1-5-13(6-2,7-3)11(8-9-12)15-10(4)14/h11H,5-8H2,1-4H3/q+1. The highest BCUT2D eigenvalue weighted by Gasteiger charge is 2.34. The smallest absolute Gasteiger partial charge is 0.307 e. The molecular formula is C11H21N2O2+. The quantitative estimate of drug-likeness (QED) is 0.383. The van der Waals surface area contributed by atoms with Gasteiger partial charge in [-0.25, -0.2) is 0 Å². The van der Waals surface area contributed by atoms with E-state index in [1.54, 1.807) is 0 Å². The largest absolute Gasteiger partial charge is 0.411 e. The van der Waals surface area contributed by atoms with Crippen molar-refractivity contribution in [3.05, 3.63) is 0 Å². The van der Waals surface area contributed by atoms with Crippen LogP contribution in [0, 0.1) is 11.3 Å². The Labute approximate surface area is 92.0 Å². The van der Waals surface area contributed by atoms with E-state index in [4.69, 9.17) is 10.00 Å². The van der Waals surface area contributed by atoms with E-state index >= 15 is 0 Å². The number of quaternary nitrogens is 1. The van der Waals surface area contributed by atoms with Crippen LogP contribution in [0.1, 0.15) is 34.1 Å². The van der Waals surface area contributed by atoms with E-state index in [1.807, 2.05) is 0 Å². The summed E-state index contributed by atoms with van der Waals surface area (Å²) in [6.07, 6.45) is -0.0674. The molecule has 86 valence electrons. The van der Waals surface area contributed by atoms with Crippen LogP contribution in [0.15, 0.2) is 0 Å². The molecule has 0 rings (SSSR count). The Hall–Kier alpha value is -1.08. The van der Waals surface area contributed by atoms with Gasteiger partial charge in [-0.3, -0.25) is 9.28 Å². The summed E-state index contributed by atoms with van der Waals surface area (Å²) in [5.74, 6) is -0.312. The zero-order valence-electron chi connectivity index (χ0n) is 10.1. The second-order valence-corrected chi connectivity index (χ2v) is 3.59. The van der Waals surface area contributed by atoms with Gasteiger partial charge in [-0.15, -0.1) is 0 Å². The fraction of sp³-hybridized carbons (Fsp3) is 0.818. The molecule has 0 heterocycles. The van der Waals surface area contributed by atoms with E-state index in [2.05, 4.69) is 26.8 Å². The van der Waals surface area contributed by atoms with E-state index in [0.717, 1.165) is 19.6 Å². The van der Waals surface area contributed by atoms with Crippen LogP contribution in [0.2, 0.25) is 0 Å². The lowest BCUT2D eigenvalue weighted by atomic mass is 10.2. The second kappa shape index (κ2) is 6.41. The lowest BCUT2D eigenvalue weighted by molar-refractivity contribution is -0.964. The number of nitriles is 1. The minimum absolute atomic E-state index is 0.259. The summed E-state index contributed by atoms with van der Waals surface area (Å²) in [5, 5.41) is 8.75. The molecule has 0 aliphatic carbocycles. The van der Waals surface area contributed by atoms with Gasteiger partial charge in [0.1, 0.15) is 6.42 Å². The number of rotatable bonds is 6. The number of hydrogen-bond acceptors (Lipinski definition) is 3. The number of nitrogens with zero attached hydrogens (tertiary/aromatic N) is 2. The van der Waals surface area contributed by atoms with Gasteiger partial charge in [0.25, 0.3) is 0 Å². The van der Waals surface area contributed by atoms with Crippen LogP contribution >= 0.6 is 0 Å². The Bertz CT molecular complexity index is 233. The molecule has 15 heavy (non-hydrogen) atoms. The zero-order chi connectivity index (χ0) is 11.9. The van der Waals surface area contributed by atoms with Gasteiger partial charge >= 0.3 is 5.97 Å². The Balaban J connectivity index is 4.83. The van der Waals surface area contributed by atoms with Crippen molar-refractivity contribution in [1.29, 1.82) is 5.26 Å². The fourth-order valence-corrected chi connectivity index (χ4v) is 1.90. The van der Waals surface area contributed by atoms with Gasteiger partial charge in [-0.1, -0.05) is 0 Å². The van der Waals surface area contributed by atoms with Crippen molar-refractivity contribution in [2.24, 2.45) is 0 Å². The highest BCUT2D eigenvalue weighted by Crippen LogP contribution is 2.17. The fourth-order valence-electron chi connectivity index (χ4n) is 1.90. The first-order valence-electron chi connectivity index (χ1n) is 5.46. The molecule has 0 bridgehead atoms. The lowest BCUT2D eigenvalue weighted by Gasteiger charge is -2.40. The SMILES string of the molecule is CC[N+](CC)(CC)C(CC#N)OC(C)=O. The molecule has 0 aliphatic rings. The van der Waals surface area contributed by atoms with Gasteiger partial charge < -0.3 is 4.74 Å². The molecule has 0 aromatic rings. The number of hydrogen-bond donors (Lipinski definition) is 0. The molecule has 0 radical (unpaired) electrons. The van der Waals surface area contributed by atoms with Gasteiger partial charge in [0.2, 0.25) is 6.23 Å². The number of esters is 1. The van der Waals surface area contributed by atoms with Gasteiger partial charge in [0, 0.05) is 6.92 Å². The van der Waals surface area contributed by atoms with Gasteiger partial charge in [0.05, 0.1) is 25.7 Å². The minimum Gasteiger partial charge on any atom is -0.411 e. The van der Waals surface area contributed by atoms with Crippen molar-refractivity contribution in [2.75, 3.05) is 19.6 Å². The van der Waals surface area contributed by atoms with E-state index in [1.165, 1.54) is 6.92 Å². The van der Waals surface area contributed by atoms with Crippen LogP contribution < -0.4 is 0 Å². The average Bonchev–Trinajstić information content (AvgIpc) is 2.21. The molecule has 4 heteroatoms. The van der Waals surface area contributed by atoms with Crippen molar-refractivity contribution in [1.82, 2.24) is 0 Å². The summed E-state index contributed by atoms with van der Waals surface area (Å²) >= 11 is 0. The molecular weight excluding hydrogens is 192 g/mol. The number of carbonyl (C=O) groups excluding carboxylic acids is 1. The summed E-state index contributed by atoms with van der Waals surface area (Å²) in [4.78, 5) is 11.0. The van der Waals surface area contributed by atoms with E-state index in [0.29, 0.717) is 4.48 Å². The first-order valence-corrected chi connectivity index (χ1v) is 5.46. The molecule has 1 atom stereocenters. The predicted octanol–water partition coefficient (Wildman–Crippen LogP) is 1.67. The lowest BCUT2D eigenvalue weighted by Crippen LogP contribution is -2.56. The Morgan fingerprint density at radius 1 is 1.33 bits per heavy atom. The molecule has 0 aromatic heterocycles. The van der Waals surface area contributed by atoms with Gasteiger partial charge in [-0.2, -0.15) is 5.26 Å². The first-order chi connectivity index (χ1) is 7.06. The average molecular weight is 213 g/mol. The van der Waals surface area contributed by atoms with Crippen LogP contribution in [-0.2, 0) is 9.53 Å². The summed E-state index contributed by atoms with van der Waals surface area (Å²) in [7, 11) is 0. The summed E-state index contributed by atoms with van der Waals surface area (Å²) < 4.78 is 5.90. The molecule has 0 fully saturated rings. The van der Waals surface area contributed by atoms with Crippen molar-refractivity contribution in [3.8, 4) is 6.07 Å². The Morgan fingerprint density at radius 3 is 2.07 bits per heavy atom. The Morgan fingerprint density at radius 2 is 1.80 bits per heavy atom. The summed E-state index contributed by atoms with van der Waals surface area (Å²) in [6, 6.07) is 2.09. The van der Waals surface area contributed by atoms with Crippen LogP contribution in [-0.4, -0.2) is 36.3 Å². The minimum atomic E-state index is -0.326. The van der Waals surface area contributed by atoms with Crippen LogP contribution in [0.3, 0.4) is 0 Å². The van der Waals surface area contributed by atoms with Crippen molar-refractivity contribution in [3.63, 3.8) is 0 Å². The predicted molar refractivity (Wildman–Crippen MR) is 57.7 cm³/mol. The van der Waals surface area contributed by atoms with Crippen LogP contribution in [0.5, 0.6) is 0 Å². The maximum absolute atomic E-state index is 11.0. The number of ether oxygens (including phenoxy) is 1. The zero-order valence-corrected chi connectivity index (χ0v) is 10.1. The third kappa shape index (κ3) is 3.52. The number of carbonyl (C=O) groups is 1. The van der Waals surface area contributed by atoms with E-state index in [-0.39, 0.29) is 18.6 Å². The van der Waals surface area contributed by atoms with Crippen LogP contribution in [0.4, 0.5) is 0 Å². The highest BCUT2D eigenvalue weighted by molar-refractivity contribution is 5.66. The second-order valence-electron chi connectivity index (χ2n) is 3.59. The Kier molecular flexibility index (Phi) is 5.95. The molecule has 4 nitrogen and oxygen atoms in total. The highest BCUT2D eigenvalue weighted by atomic mass is 16.6. The van der Waals surface area contributed by atoms with Crippen LogP contribution in [0.25, 0.3) is 0 Å². The normalized spacial score (nSPS) is 13.0. The molecule has 0 aromatic carbocycles. The third-order valence-electron chi connectivity index (χ3n) is 3.07. The first kappa shape index (κ1) is 13.9. The molecule has 0 spiro atoms. The summed E-state index contributed by atoms with van der Waals surface area (Å²) in [6.45, 7) is 10.2. The molecule has 0 aliphatic heterocycles. The van der Waals surface area contributed by atoms with Gasteiger partial charge in [-0.05, 0) is 20.8 Å². The van der Waals surface area contributed by atoms with E-state index < -0.39 is 0 Å². The maximum atomic E-state index is 11.0.